The molecule has 0 aliphatic rings. The van der Waals surface area contributed by atoms with Crippen LogP contribution in [0.4, 0.5) is 0 Å². The second-order valence-electron chi connectivity index (χ2n) is 5.11. The molecule has 6 nitrogen and oxygen atoms in total. The molecule has 0 atom stereocenters. The molecule has 0 rings (SSSR count). The van der Waals surface area contributed by atoms with E-state index in [1.54, 1.807) is 0 Å². The minimum absolute atomic E-state index is 0. The Morgan fingerprint density at radius 2 is 1.46 bits per heavy atom. The lowest BCUT2D eigenvalue weighted by Gasteiger charge is -2.08. The standard InChI is InChI=1S/C8H16N2O.C5H14N2.C3H3ClO.CH4/c1-4-8(11)9-6-5-7-10(2)3;1-7(2)5-3-4-6;1-2-3(4)5;/h4H,1,5-7H2,2-3H3,(H,9,11);3-6H2,1-2H3;2H,1H2;1H4. The van der Waals surface area contributed by atoms with E-state index in [4.69, 9.17) is 17.3 Å². The van der Waals surface area contributed by atoms with Crippen LogP contribution in [0, 0.1) is 0 Å². The number of nitrogens with zero attached hydrogens (tertiary/aromatic N) is 2. The van der Waals surface area contributed by atoms with Gasteiger partial charge in [-0.25, -0.2) is 0 Å². The molecular weight excluding hydrogens is 328 g/mol. The van der Waals surface area contributed by atoms with Gasteiger partial charge in [0.05, 0.1) is 0 Å². The molecule has 3 N–H and O–H groups in total. The van der Waals surface area contributed by atoms with Crippen LogP contribution in [-0.2, 0) is 9.59 Å². The Bertz CT molecular complexity index is 322. The van der Waals surface area contributed by atoms with E-state index >= 15 is 0 Å². The summed E-state index contributed by atoms with van der Waals surface area (Å²) in [5, 5.41) is 2.19. The number of carbonyl (C=O) groups excluding carboxylic acids is 2. The average molecular weight is 365 g/mol. The highest BCUT2D eigenvalue weighted by Crippen LogP contribution is 1.80. The first-order valence-electron chi connectivity index (χ1n) is 7.42. The van der Waals surface area contributed by atoms with Gasteiger partial charge in [-0.15, -0.1) is 0 Å². The third kappa shape index (κ3) is 42.8. The normalized spacial score (nSPS) is 8.83. The van der Waals surface area contributed by atoms with Crippen LogP contribution < -0.4 is 11.1 Å². The van der Waals surface area contributed by atoms with Gasteiger partial charge in [0.1, 0.15) is 0 Å². The summed E-state index contributed by atoms with van der Waals surface area (Å²) in [7, 11) is 8.12. The van der Waals surface area contributed by atoms with E-state index < -0.39 is 5.24 Å². The van der Waals surface area contributed by atoms with Gasteiger partial charge in [0.2, 0.25) is 11.1 Å². The summed E-state index contributed by atoms with van der Waals surface area (Å²) in [6.45, 7) is 10.1. The Morgan fingerprint density at radius 3 is 1.71 bits per heavy atom. The quantitative estimate of drug-likeness (QED) is 0.370. The third-order valence-corrected chi connectivity index (χ3v) is 2.39. The third-order valence-electron chi connectivity index (χ3n) is 2.24. The summed E-state index contributed by atoms with van der Waals surface area (Å²) in [5.41, 5.74) is 5.25. The number of rotatable bonds is 9. The van der Waals surface area contributed by atoms with Crippen LogP contribution in [0.3, 0.4) is 0 Å². The number of nitrogens with two attached hydrogens (primary N) is 1. The highest BCUT2D eigenvalue weighted by molar-refractivity contribution is 6.66. The maximum Gasteiger partial charge on any atom is 0.244 e. The van der Waals surface area contributed by atoms with Crippen molar-refractivity contribution in [3.05, 3.63) is 25.3 Å². The van der Waals surface area contributed by atoms with Crippen molar-refractivity contribution >= 4 is 22.8 Å². The van der Waals surface area contributed by atoms with Crippen LogP contribution in [0.1, 0.15) is 20.3 Å². The number of carbonyl (C=O) groups is 2. The van der Waals surface area contributed by atoms with Crippen molar-refractivity contribution in [1.29, 1.82) is 0 Å². The van der Waals surface area contributed by atoms with Crippen LogP contribution in [0.5, 0.6) is 0 Å². The Balaban J connectivity index is -0.000000133. The smallest absolute Gasteiger partial charge is 0.244 e. The molecule has 24 heavy (non-hydrogen) atoms. The number of hydrogen-bond acceptors (Lipinski definition) is 5. The first-order chi connectivity index (χ1) is 10.7. The molecule has 0 aromatic carbocycles. The van der Waals surface area contributed by atoms with Gasteiger partial charge in [-0.1, -0.05) is 20.6 Å². The summed E-state index contributed by atoms with van der Waals surface area (Å²) in [6, 6.07) is 0. The lowest BCUT2D eigenvalue weighted by molar-refractivity contribution is -0.116. The SMILES string of the molecule is C.C=CC(=O)Cl.C=CC(=O)NCCCN(C)C.CN(C)CCCN. The maximum atomic E-state index is 10.6. The summed E-state index contributed by atoms with van der Waals surface area (Å²) in [4.78, 5) is 24.3. The molecular formula is C17H37ClN4O2. The minimum Gasteiger partial charge on any atom is -0.353 e. The molecule has 0 aliphatic heterocycles. The average Bonchev–Trinajstić information content (AvgIpc) is 2.50. The zero-order valence-electron chi connectivity index (χ0n) is 15.0. The Kier molecular flexibility index (Phi) is 30.7. The largest absolute Gasteiger partial charge is 0.353 e. The summed E-state index contributed by atoms with van der Waals surface area (Å²) >= 11 is 4.71. The molecule has 0 saturated carbocycles. The minimum atomic E-state index is -0.509. The molecule has 0 aromatic heterocycles. The van der Waals surface area contributed by atoms with Crippen LogP contribution >= 0.6 is 11.6 Å². The molecule has 0 saturated heterocycles. The predicted octanol–water partition coefficient (Wildman–Crippen LogP) is 1.71. The lowest BCUT2D eigenvalue weighted by atomic mass is 10.4. The van der Waals surface area contributed by atoms with E-state index in [0.717, 1.165) is 45.1 Å². The molecule has 7 heteroatoms. The Labute approximate surface area is 153 Å². The zero-order chi connectivity index (χ0) is 18.7. The maximum absolute atomic E-state index is 10.6. The molecule has 0 aromatic rings. The van der Waals surface area contributed by atoms with E-state index in [-0.39, 0.29) is 13.3 Å². The Hall–Kier alpha value is -1.21. The van der Waals surface area contributed by atoms with Gasteiger partial charge in [-0.05, 0) is 84.4 Å². The summed E-state index contributed by atoms with van der Waals surface area (Å²) < 4.78 is 0. The summed E-state index contributed by atoms with van der Waals surface area (Å²) in [6.07, 6.45) is 4.41. The van der Waals surface area contributed by atoms with Gasteiger partial charge < -0.3 is 20.9 Å². The fourth-order valence-corrected chi connectivity index (χ4v) is 1.09. The molecule has 1 amide bonds. The molecule has 0 unspecified atom stereocenters. The van der Waals surface area contributed by atoms with Crippen LogP contribution in [-0.4, -0.2) is 75.3 Å². The van der Waals surface area contributed by atoms with E-state index in [9.17, 15) is 9.59 Å². The number of amides is 1. The van der Waals surface area contributed by atoms with Crippen molar-refractivity contribution < 1.29 is 9.59 Å². The van der Waals surface area contributed by atoms with Crippen molar-refractivity contribution in [2.75, 3.05) is 54.4 Å². The van der Waals surface area contributed by atoms with Crippen LogP contribution in [0.25, 0.3) is 0 Å². The van der Waals surface area contributed by atoms with Gasteiger partial charge in [-0.2, -0.15) is 0 Å². The van der Waals surface area contributed by atoms with Gasteiger partial charge in [-0.3, -0.25) is 9.59 Å². The second-order valence-corrected chi connectivity index (χ2v) is 5.48. The topological polar surface area (TPSA) is 78.7 Å². The molecule has 0 heterocycles. The van der Waals surface area contributed by atoms with Gasteiger partial charge in [0, 0.05) is 6.54 Å². The van der Waals surface area contributed by atoms with E-state index in [0.29, 0.717) is 0 Å². The fourth-order valence-electron chi connectivity index (χ4n) is 1.09. The van der Waals surface area contributed by atoms with Gasteiger partial charge in [0.25, 0.3) is 0 Å². The predicted molar refractivity (Wildman–Crippen MR) is 106 cm³/mol. The van der Waals surface area contributed by atoms with Gasteiger partial charge in [0.15, 0.2) is 0 Å². The number of hydrogen-bond donors (Lipinski definition) is 2. The molecule has 0 spiro atoms. The van der Waals surface area contributed by atoms with Crippen molar-refractivity contribution in [2.45, 2.75) is 20.3 Å². The molecule has 0 fully saturated rings. The first kappa shape index (κ1) is 30.6. The lowest BCUT2D eigenvalue weighted by Crippen LogP contribution is -2.25. The fraction of sp³-hybridized carbons (Fsp3) is 0.647. The van der Waals surface area contributed by atoms with Crippen LogP contribution in [0.15, 0.2) is 25.3 Å². The zero-order valence-corrected chi connectivity index (χ0v) is 15.7. The van der Waals surface area contributed by atoms with E-state index in [1.165, 1.54) is 6.08 Å². The molecule has 0 bridgehead atoms. The highest BCUT2D eigenvalue weighted by Gasteiger charge is 1.93. The molecule has 0 aliphatic carbocycles. The van der Waals surface area contributed by atoms with Crippen molar-refractivity contribution in [2.24, 2.45) is 5.73 Å². The molecule has 0 radical (unpaired) electrons. The molecule has 144 valence electrons. The number of halogens is 1. The highest BCUT2D eigenvalue weighted by atomic mass is 35.5. The van der Waals surface area contributed by atoms with Crippen molar-refractivity contribution in [3.63, 3.8) is 0 Å². The number of allylic oxidation sites excluding steroid dienone is 1. The van der Waals surface area contributed by atoms with E-state index in [2.05, 4.69) is 42.4 Å². The van der Waals surface area contributed by atoms with Crippen molar-refractivity contribution in [3.8, 4) is 0 Å². The second kappa shape index (κ2) is 24.0. The van der Waals surface area contributed by atoms with Crippen molar-refractivity contribution in [1.82, 2.24) is 15.1 Å². The number of nitrogens with one attached hydrogen (secondary N) is 1. The van der Waals surface area contributed by atoms with E-state index in [1.807, 2.05) is 14.1 Å². The van der Waals surface area contributed by atoms with Gasteiger partial charge >= 0.3 is 0 Å². The monoisotopic (exact) mass is 364 g/mol. The van der Waals surface area contributed by atoms with Crippen LogP contribution in [0.2, 0.25) is 0 Å². The Morgan fingerprint density at radius 1 is 1.04 bits per heavy atom. The summed E-state index contributed by atoms with van der Waals surface area (Å²) in [5.74, 6) is -0.0937. The first-order valence-corrected chi connectivity index (χ1v) is 7.80.